The summed E-state index contributed by atoms with van der Waals surface area (Å²) in [5.41, 5.74) is 1.92. The first-order valence-corrected chi connectivity index (χ1v) is 7.40. The third kappa shape index (κ3) is 4.89. The minimum Gasteiger partial charge on any atom is -0.396 e. The second-order valence-corrected chi connectivity index (χ2v) is 5.31. The van der Waals surface area contributed by atoms with Gasteiger partial charge in [-0.1, -0.05) is 25.1 Å². The van der Waals surface area contributed by atoms with Crippen LogP contribution in [0.5, 0.6) is 0 Å². The van der Waals surface area contributed by atoms with Gasteiger partial charge >= 0.3 is 6.03 Å². The Kier molecular flexibility index (Phi) is 5.97. The van der Waals surface area contributed by atoms with Gasteiger partial charge in [0.1, 0.15) is 0 Å². The van der Waals surface area contributed by atoms with Crippen LogP contribution in [0.2, 0.25) is 0 Å². The van der Waals surface area contributed by atoms with Gasteiger partial charge in [0, 0.05) is 31.5 Å². The number of carbonyl (C=O) groups excluding carboxylic acids is 1. The van der Waals surface area contributed by atoms with E-state index in [0.717, 1.165) is 11.3 Å². The molecule has 0 aliphatic rings. The Bertz CT molecular complexity index is 583. The first kappa shape index (κ1) is 16.0. The Morgan fingerprint density at radius 3 is 2.82 bits per heavy atom. The van der Waals surface area contributed by atoms with Gasteiger partial charge in [0.2, 0.25) is 0 Å². The molecule has 3 N–H and O–H groups in total. The lowest BCUT2D eigenvalue weighted by atomic mass is 10.1. The van der Waals surface area contributed by atoms with Gasteiger partial charge in [0.05, 0.1) is 11.9 Å². The average Bonchev–Trinajstić information content (AvgIpc) is 3.01. The Labute approximate surface area is 130 Å². The van der Waals surface area contributed by atoms with Crippen LogP contribution in [-0.4, -0.2) is 34.1 Å². The SMILES string of the molecule is CC(CCO)CNC(=O)NCc1cnn(-c2ccccc2)c1. The number of aromatic nitrogens is 2. The van der Waals surface area contributed by atoms with Crippen molar-refractivity contribution in [2.75, 3.05) is 13.2 Å². The molecule has 1 heterocycles. The molecule has 6 heteroatoms. The van der Waals surface area contributed by atoms with Crippen molar-refractivity contribution >= 4 is 6.03 Å². The minimum absolute atomic E-state index is 0.142. The number of rotatable bonds is 7. The van der Waals surface area contributed by atoms with Gasteiger partial charge in [-0.3, -0.25) is 0 Å². The van der Waals surface area contributed by atoms with Gasteiger partial charge in [-0.05, 0) is 24.5 Å². The molecule has 1 atom stereocenters. The minimum atomic E-state index is -0.211. The summed E-state index contributed by atoms with van der Waals surface area (Å²) in [4.78, 5) is 11.7. The highest BCUT2D eigenvalue weighted by Gasteiger charge is 2.06. The largest absolute Gasteiger partial charge is 0.396 e. The van der Waals surface area contributed by atoms with Gasteiger partial charge < -0.3 is 15.7 Å². The molecular formula is C16H22N4O2. The highest BCUT2D eigenvalue weighted by Crippen LogP contribution is 2.07. The molecule has 2 rings (SSSR count). The maximum atomic E-state index is 11.7. The fraction of sp³-hybridized carbons (Fsp3) is 0.375. The number of urea groups is 1. The van der Waals surface area contributed by atoms with Gasteiger partial charge in [-0.25, -0.2) is 9.48 Å². The van der Waals surface area contributed by atoms with Crippen LogP contribution in [0.4, 0.5) is 4.79 Å². The van der Waals surface area contributed by atoms with Crippen LogP contribution >= 0.6 is 0 Å². The van der Waals surface area contributed by atoms with Crippen molar-refractivity contribution in [2.45, 2.75) is 19.9 Å². The molecule has 0 aliphatic heterocycles. The van der Waals surface area contributed by atoms with E-state index in [1.54, 1.807) is 10.9 Å². The maximum Gasteiger partial charge on any atom is 0.315 e. The number of hydrogen-bond donors (Lipinski definition) is 3. The van der Waals surface area contributed by atoms with E-state index < -0.39 is 0 Å². The van der Waals surface area contributed by atoms with Crippen molar-refractivity contribution in [3.8, 4) is 5.69 Å². The van der Waals surface area contributed by atoms with Crippen LogP contribution < -0.4 is 10.6 Å². The zero-order chi connectivity index (χ0) is 15.8. The maximum absolute atomic E-state index is 11.7. The molecule has 0 aliphatic carbocycles. The first-order chi connectivity index (χ1) is 10.7. The zero-order valence-electron chi connectivity index (χ0n) is 12.7. The number of aliphatic hydroxyl groups is 1. The average molecular weight is 302 g/mol. The summed E-state index contributed by atoms with van der Waals surface area (Å²) in [7, 11) is 0. The Morgan fingerprint density at radius 2 is 2.09 bits per heavy atom. The van der Waals surface area contributed by atoms with E-state index in [9.17, 15) is 4.79 Å². The third-order valence-electron chi connectivity index (χ3n) is 3.34. The van der Waals surface area contributed by atoms with Crippen molar-refractivity contribution < 1.29 is 9.90 Å². The Hall–Kier alpha value is -2.34. The molecular weight excluding hydrogens is 280 g/mol. The zero-order valence-corrected chi connectivity index (χ0v) is 12.7. The van der Waals surface area contributed by atoms with E-state index >= 15 is 0 Å². The van der Waals surface area contributed by atoms with Gasteiger partial charge in [0.25, 0.3) is 0 Å². The smallest absolute Gasteiger partial charge is 0.315 e. The van der Waals surface area contributed by atoms with Gasteiger partial charge in [-0.2, -0.15) is 5.10 Å². The topological polar surface area (TPSA) is 79.2 Å². The van der Waals surface area contributed by atoms with Crippen molar-refractivity contribution in [1.82, 2.24) is 20.4 Å². The summed E-state index contributed by atoms with van der Waals surface area (Å²) in [6.45, 7) is 3.10. The highest BCUT2D eigenvalue weighted by atomic mass is 16.3. The molecule has 1 aromatic heterocycles. The molecule has 0 fully saturated rings. The normalized spacial score (nSPS) is 11.9. The number of nitrogens with one attached hydrogen (secondary N) is 2. The molecule has 0 bridgehead atoms. The molecule has 0 radical (unpaired) electrons. The molecule has 22 heavy (non-hydrogen) atoms. The van der Waals surface area contributed by atoms with Gasteiger partial charge in [0.15, 0.2) is 0 Å². The van der Waals surface area contributed by atoms with Crippen molar-refractivity contribution in [2.24, 2.45) is 5.92 Å². The van der Waals surface area contributed by atoms with Crippen molar-refractivity contribution in [3.05, 3.63) is 48.3 Å². The van der Waals surface area contributed by atoms with E-state index in [4.69, 9.17) is 5.11 Å². The van der Waals surface area contributed by atoms with Crippen molar-refractivity contribution in [3.63, 3.8) is 0 Å². The van der Waals surface area contributed by atoms with Crippen molar-refractivity contribution in [1.29, 1.82) is 0 Å². The van der Waals surface area contributed by atoms with Crippen LogP contribution in [0.1, 0.15) is 18.9 Å². The van der Waals surface area contributed by atoms with Gasteiger partial charge in [-0.15, -0.1) is 0 Å². The molecule has 0 saturated heterocycles. The standard InChI is InChI=1S/C16H22N4O2/c1-13(7-8-21)9-17-16(22)18-10-14-11-19-20(12-14)15-5-3-2-4-6-15/h2-6,11-13,21H,7-10H2,1H3,(H2,17,18,22). The molecule has 2 aromatic rings. The Balaban J connectivity index is 1.78. The molecule has 1 unspecified atom stereocenters. The molecule has 6 nitrogen and oxygen atoms in total. The lowest BCUT2D eigenvalue weighted by Crippen LogP contribution is -2.37. The lowest BCUT2D eigenvalue weighted by molar-refractivity contribution is 0.233. The second-order valence-electron chi connectivity index (χ2n) is 5.31. The first-order valence-electron chi connectivity index (χ1n) is 7.40. The lowest BCUT2D eigenvalue weighted by Gasteiger charge is -2.11. The fourth-order valence-electron chi connectivity index (χ4n) is 2.01. The molecule has 0 spiro atoms. The number of para-hydroxylation sites is 1. The molecule has 118 valence electrons. The predicted octanol–water partition coefficient (Wildman–Crippen LogP) is 1.69. The summed E-state index contributed by atoms with van der Waals surface area (Å²) in [5.74, 6) is 0.261. The molecule has 2 amide bonds. The quantitative estimate of drug-likeness (QED) is 0.728. The highest BCUT2D eigenvalue weighted by molar-refractivity contribution is 5.73. The number of aliphatic hydroxyl groups excluding tert-OH is 1. The van der Waals surface area contributed by atoms with E-state index in [1.807, 2.05) is 43.5 Å². The molecule has 1 aromatic carbocycles. The van der Waals surface area contributed by atoms with E-state index in [2.05, 4.69) is 15.7 Å². The summed E-state index contributed by atoms with van der Waals surface area (Å²) in [5, 5.41) is 18.7. The fourth-order valence-corrected chi connectivity index (χ4v) is 2.01. The van der Waals surface area contributed by atoms with E-state index in [0.29, 0.717) is 19.5 Å². The Morgan fingerprint density at radius 1 is 1.32 bits per heavy atom. The number of carbonyl (C=O) groups is 1. The summed E-state index contributed by atoms with van der Waals surface area (Å²) < 4.78 is 1.78. The van der Waals surface area contributed by atoms with E-state index in [-0.39, 0.29) is 18.6 Å². The molecule has 0 saturated carbocycles. The number of benzene rings is 1. The number of hydrogen-bond acceptors (Lipinski definition) is 3. The summed E-state index contributed by atoms with van der Waals surface area (Å²) >= 11 is 0. The van der Waals surface area contributed by atoms with Crippen LogP contribution in [-0.2, 0) is 6.54 Å². The van der Waals surface area contributed by atoms with Crippen LogP contribution in [0.3, 0.4) is 0 Å². The number of amides is 2. The predicted molar refractivity (Wildman–Crippen MR) is 84.7 cm³/mol. The van der Waals surface area contributed by atoms with Crippen LogP contribution in [0.25, 0.3) is 5.69 Å². The number of nitrogens with zero attached hydrogens (tertiary/aromatic N) is 2. The monoisotopic (exact) mass is 302 g/mol. The summed E-state index contributed by atoms with van der Waals surface area (Å²) in [6, 6.07) is 9.60. The summed E-state index contributed by atoms with van der Waals surface area (Å²) in [6.07, 6.45) is 4.32. The van der Waals surface area contributed by atoms with E-state index in [1.165, 1.54) is 0 Å². The second kappa shape index (κ2) is 8.19. The van der Waals surface area contributed by atoms with Crippen LogP contribution in [0.15, 0.2) is 42.7 Å². The third-order valence-corrected chi connectivity index (χ3v) is 3.34. The van der Waals surface area contributed by atoms with Crippen LogP contribution in [0, 0.1) is 5.92 Å².